The molecule has 116 valence electrons. The molecule has 8 heteroatoms. The number of hydrogen-bond donors (Lipinski definition) is 1. The number of hydrogen-bond acceptors (Lipinski definition) is 7. The Labute approximate surface area is 128 Å². The number of anilines is 2. The van der Waals surface area contributed by atoms with Crippen LogP contribution >= 0.6 is 11.6 Å². The van der Waals surface area contributed by atoms with Crippen molar-refractivity contribution in [3.63, 3.8) is 0 Å². The van der Waals surface area contributed by atoms with Gasteiger partial charge in [0.25, 0.3) is 0 Å². The van der Waals surface area contributed by atoms with Crippen molar-refractivity contribution in [3.05, 3.63) is 5.28 Å². The molecule has 7 nitrogen and oxygen atoms in total. The first-order valence-corrected chi connectivity index (χ1v) is 7.63. The van der Waals surface area contributed by atoms with Gasteiger partial charge in [-0.3, -0.25) is 0 Å². The van der Waals surface area contributed by atoms with E-state index in [9.17, 15) is 5.11 Å². The highest BCUT2D eigenvalue weighted by atomic mass is 35.5. The molecule has 1 aromatic heterocycles. The van der Waals surface area contributed by atoms with Gasteiger partial charge in [-0.1, -0.05) is 0 Å². The number of ether oxygens (including phenoxy) is 1. The Bertz CT molecular complexity index is 491. The van der Waals surface area contributed by atoms with Crippen molar-refractivity contribution in [2.24, 2.45) is 5.92 Å². The summed E-state index contributed by atoms with van der Waals surface area (Å²) in [4.78, 5) is 17.0. The molecule has 21 heavy (non-hydrogen) atoms. The third-order valence-electron chi connectivity index (χ3n) is 3.96. The fourth-order valence-electron chi connectivity index (χ4n) is 2.72. The molecule has 1 aliphatic carbocycles. The smallest absolute Gasteiger partial charge is 0.231 e. The van der Waals surface area contributed by atoms with Crippen molar-refractivity contribution in [1.82, 2.24) is 15.0 Å². The summed E-state index contributed by atoms with van der Waals surface area (Å²) >= 11 is 6.03. The highest BCUT2D eigenvalue weighted by molar-refractivity contribution is 6.28. The first-order valence-electron chi connectivity index (χ1n) is 7.25. The molecule has 0 unspecified atom stereocenters. The molecule has 2 heterocycles. The van der Waals surface area contributed by atoms with Gasteiger partial charge in [-0.2, -0.15) is 15.0 Å². The first kappa shape index (κ1) is 14.7. The van der Waals surface area contributed by atoms with Crippen molar-refractivity contribution in [1.29, 1.82) is 0 Å². The van der Waals surface area contributed by atoms with Gasteiger partial charge in [-0.25, -0.2) is 0 Å². The Morgan fingerprint density at radius 2 is 2.00 bits per heavy atom. The van der Waals surface area contributed by atoms with Gasteiger partial charge in [0.2, 0.25) is 17.2 Å². The average Bonchev–Trinajstić information content (AvgIpc) is 2.46. The van der Waals surface area contributed by atoms with Crippen molar-refractivity contribution < 1.29 is 9.84 Å². The highest BCUT2D eigenvalue weighted by Crippen LogP contribution is 2.28. The van der Waals surface area contributed by atoms with Gasteiger partial charge >= 0.3 is 0 Å². The van der Waals surface area contributed by atoms with Crippen LogP contribution in [0.5, 0.6) is 0 Å². The molecule has 0 amide bonds. The fraction of sp³-hybridized carbons (Fsp3) is 0.769. The second kappa shape index (κ2) is 6.29. The molecule has 1 saturated heterocycles. The van der Waals surface area contributed by atoms with Gasteiger partial charge in [0.1, 0.15) is 0 Å². The van der Waals surface area contributed by atoms with Crippen LogP contribution < -0.4 is 9.80 Å². The minimum absolute atomic E-state index is 0.144. The Hall–Kier alpha value is -1.18. The normalized spacial score (nSPS) is 25.6. The Balaban J connectivity index is 1.70. The van der Waals surface area contributed by atoms with E-state index in [1.807, 2.05) is 11.9 Å². The zero-order valence-corrected chi connectivity index (χ0v) is 12.8. The molecule has 2 aliphatic rings. The second-order valence-corrected chi connectivity index (χ2v) is 6.01. The van der Waals surface area contributed by atoms with Crippen LogP contribution in [0.25, 0.3) is 0 Å². The van der Waals surface area contributed by atoms with Gasteiger partial charge in [0.15, 0.2) is 0 Å². The van der Waals surface area contributed by atoms with E-state index in [2.05, 4.69) is 19.9 Å². The lowest BCUT2D eigenvalue weighted by Gasteiger charge is -2.34. The number of aromatic nitrogens is 3. The van der Waals surface area contributed by atoms with E-state index >= 15 is 0 Å². The molecule has 1 aromatic rings. The SMILES string of the molecule is CN(CC1CC(O)C1)c1nc(Cl)nc(N2CCOCC2)n1. The third-order valence-corrected chi connectivity index (χ3v) is 4.13. The zero-order valence-electron chi connectivity index (χ0n) is 12.1. The van der Waals surface area contributed by atoms with E-state index < -0.39 is 0 Å². The summed E-state index contributed by atoms with van der Waals surface area (Å²) in [5, 5.41) is 9.57. The van der Waals surface area contributed by atoms with Crippen LogP contribution in [0.2, 0.25) is 5.28 Å². The average molecular weight is 314 g/mol. The minimum Gasteiger partial charge on any atom is -0.393 e. The molecule has 3 rings (SSSR count). The summed E-state index contributed by atoms with van der Waals surface area (Å²) in [7, 11) is 1.94. The van der Waals surface area contributed by atoms with Crippen molar-refractivity contribution >= 4 is 23.5 Å². The van der Waals surface area contributed by atoms with E-state index in [-0.39, 0.29) is 11.4 Å². The first-order chi connectivity index (χ1) is 10.1. The molecule has 2 fully saturated rings. The quantitative estimate of drug-likeness (QED) is 0.871. The summed E-state index contributed by atoms with van der Waals surface area (Å²) < 4.78 is 5.33. The molecule has 1 aliphatic heterocycles. The van der Waals surface area contributed by atoms with Gasteiger partial charge in [0, 0.05) is 26.7 Å². The van der Waals surface area contributed by atoms with Gasteiger partial charge in [0.05, 0.1) is 19.3 Å². The molecule has 1 N–H and O–H groups in total. The van der Waals surface area contributed by atoms with Crippen LogP contribution in [0.4, 0.5) is 11.9 Å². The minimum atomic E-state index is -0.144. The van der Waals surface area contributed by atoms with Crippen LogP contribution in [0.3, 0.4) is 0 Å². The lowest BCUT2D eigenvalue weighted by molar-refractivity contribution is 0.0463. The van der Waals surface area contributed by atoms with E-state index in [1.54, 1.807) is 0 Å². The van der Waals surface area contributed by atoms with E-state index in [0.29, 0.717) is 31.0 Å². The number of aliphatic hydroxyl groups is 1. The molecule has 0 radical (unpaired) electrons. The maximum atomic E-state index is 9.36. The summed E-state index contributed by atoms with van der Waals surface area (Å²) in [6.45, 7) is 3.69. The number of halogens is 1. The number of nitrogens with zero attached hydrogens (tertiary/aromatic N) is 5. The Morgan fingerprint density at radius 3 is 2.67 bits per heavy atom. The van der Waals surface area contributed by atoms with Crippen LogP contribution in [0, 0.1) is 5.92 Å². The lowest BCUT2D eigenvalue weighted by atomic mass is 9.82. The Morgan fingerprint density at radius 1 is 1.29 bits per heavy atom. The van der Waals surface area contributed by atoms with E-state index in [1.165, 1.54) is 0 Å². The molecule has 0 atom stereocenters. The van der Waals surface area contributed by atoms with Crippen molar-refractivity contribution in [2.75, 3.05) is 49.7 Å². The second-order valence-electron chi connectivity index (χ2n) is 5.68. The van der Waals surface area contributed by atoms with Crippen LogP contribution in [-0.2, 0) is 4.74 Å². The van der Waals surface area contributed by atoms with E-state index in [0.717, 1.165) is 32.5 Å². The van der Waals surface area contributed by atoms with Crippen LogP contribution in [0.15, 0.2) is 0 Å². The maximum absolute atomic E-state index is 9.36. The number of aliphatic hydroxyl groups excluding tert-OH is 1. The predicted molar refractivity (Wildman–Crippen MR) is 79.9 cm³/mol. The number of morpholine rings is 1. The zero-order chi connectivity index (χ0) is 14.8. The van der Waals surface area contributed by atoms with Crippen molar-refractivity contribution in [3.8, 4) is 0 Å². The summed E-state index contributed by atoms with van der Waals surface area (Å²) in [5.74, 6) is 1.68. The lowest BCUT2D eigenvalue weighted by Crippen LogP contribution is -2.39. The molecule has 0 bridgehead atoms. The highest BCUT2D eigenvalue weighted by Gasteiger charge is 2.29. The van der Waals surface area contributed by atoms with Gasteiger partial charge in [-0.15, -0.1) is 0 Å². The monoisotopic (exact) mass is 313 g/mol. The summed E-state index contributed by atoms with van der Waals surface area (Å²) in [6, 6.07) is 0. The Kier molecular flexibility index (Phi) is 4.42. The predicted octanol–water partition coefficient (Wildman–Crippen LogP) is 0.569. The van der Waals surface area contributed by atoms with E-state index in [4.69, 9.17) is 16.3 Å². The summed E-state index contributed by atoms with van der Waals surface area (Å²) in [5.41, 5.74) is 0. The maximum Gasteiger partial charge on any atom is 0.231 e. The number of rotatable bonds is 4. The van der Waals surface area contributed by atoms with Gasteiger partial charge in [-0.05, 0) is 30.4 Å². The fourth-order valence-corrected chi connectivity index (χ4v) is 2.87. The van der Waals surface area contributed by atoms with Crippen LogP contribution in [0.1, 0.15) is 12.8 Å². The molecule has 0 spiro atoms. The molecular formula is C13H20ClN5O2. The largest absolute Gasteiger partial charge is 0.393 e. The third kappa shape index (κ3) is 3.53. The van der Waals surface area contributed by atoms with Gasteiger partial charge < -0.3 is 19.6 Å². The molecule has 0 aromatic carbocycles. The van der Waals surface area contributed by atoms with Crippen LogP contribution in [-0.4, -0.2) is 66.1 Å². The molecule has 1 saturated carbocycles. The summed E-state index contributed by atoms with van der Waals surface area (Å²) in [6.07, 6.45) is 1.55. The molecular weight excluding hydrogens is 294 g/mol. The van der Waals surface area contributed by atoms with Crippen molar-refractivity contribution in [2.45, 2.75) is 18.9 Å². The standard InChI is InChI=1S/C13H20ClN5O2/c1-18(8-9-6-10(20)7-9)12-15-11(14)16-13(17-12)19-2-4-21-5-3-19/h9-10,20H,2-8H2,1H3. The topological polar surface area (TPSA) is 74.6 Å².